The lowest BCUT2D eigenvalue weighted by atomic mass is 10.0. The highest BCUT2D eigenvalue weighted by Crippen LogP contribution is 2.33. The summed E-state index contributed by atoms with van der Waals surface area (Å²) in [6.45, 7) is 2.67. The minimum Gasteiger partial charge on any atom is -0.382 e. The van der Waals surface area contributed by atoms with Crippen molar-refractivity contribution in [1.29, 1.82) is 5.26 Å². The van der Waals surface area contributed by atoms with Gasteiger partial charge in [0.1, 0.15) is 23.1 Å². The van der Waals surface area contributed by atoms with Gasteiger partial charge in [-0.05, 0) is 19.8 Å². The van der Waals surface area contributed by atoms with E-state index in [1.165, 1.54) is 6.20 Å². The number of aromatic nitrogens is 2. The average molecular weight is 204 g/mol. The number of hydrogen-bond acceptors (Lipinski definition) is 5. The molecule has 1 aliphatic heterocycles. The third-order valence-electron chi connectivity index (χ3n) is 2.63. The van der Waals surface area contributed by atoms with Gasteiger partial charge in [-0.25, -0.2) is 9.97 Å². The van der Waals surface area contributed by atoms with E-state index in [-0.39, 0.29) is 5.82 Å². The van der Waals surface area contributed by atoms with Gasteiger partial charge in [0, 0.05) is 6.61 Å². The fourth-order valence-electron chi connectivity index (χ4n) is 1.69. The van der Waals surface area contributed by atoms with E-state index in [1.54, 1.807) is 0 Å². The molecule has 2 N–H and O–H groups in total. The number of nitrogens with two attached hydrogens (primary N) is 1. The second kappa shape index (κ2) is 3.48. The second-order valence-corrected chi connectivity index (χ2v) is 3.79. The molecule has 1 unspecified atom stereocenters. The standard InChI is InChI=1S/C10H12N4O/c1-10(3-2-4-15-10)9-13-6-7(5-11)8(12)14-9/h6H,2-4H2,1H3,(H2,12,13,14). The highest BCUT2D eigenvalue weighted by atomic mass is 16.5. The fraction of sp³-hybridized carbons (Fsp3) is 0.500. The van der Waals surface area contributed by atoms with Crippen molar-refractivity contribution in [3.63, 3.8) is 0 Å². The first-order valence-electron chi connectivity index (χ1n) is 4.83. The van der Waals surface area contributed by atoms with Gasteiger partial charge in [0.25, 0.3) is 0 Å². The number of anilines is 1. The number of nitriles is 1. The molecule has 1 atom stereocenters. The van der Waals surface area contributed by atoms with E-state index in [1.807, 2.05) is 13.0 Å². The van der Waals surface area contributed by atoms with E-state index in [0.29, 0.717) is 11.4 Å². The first kappa shape index (κ1) is 9.87. The van der Waals surface area contributed by atoms with Crippen LogP contribution in [0.5, 0.6) is 0 Å². The molecule has 78 valence electrons. The average Bonchev–Trinajstić information content (AvgIpc) is 2.66. The SMILES string of the molecule is CC1(c2ncc(C#N)c(N)n2)CCCO1. The van der Waals surface area contributed by atoms with E-state index < -0.39 is 5.60 Å². The van der Waals surface area contributed by atoms with Crippen LogP contribution in [0.15, 0.2) is 6.20 Å². The van der Waals surface area contributed by atoms with Gasteiger partial charge in [0.15, 0.2) is 5.82 Å². The monoisotopic (exact) mass is 204 g/mol. The molecule has 0 aromatic carbocycles. The van der Waals surface area contributed by atoms with Gasteiger partial charge in [-0.15, -0.1) is 0 Å². The van der Waals surface area contributed by atoms with Gasteiger partial charge < -0.3 is 10.5 Å². The van der Waals surface area contributed by atoms with Crippen LogP contribution in [0, 0.1) is 11.3 Å². The summed E-state index contributed by atoms with van der Waals surface area (Å²) in [5, 5.41) is 8.70. The smallest absolute Gasteiger partial charge is 0.162 e. The predicted molar refractivity (Wildman–Crippen MR) is 53.7 cm³/mol. The van der Waals surface area contributed by atoms with E-state index in [0.717, 1.165) is 19.4 Å². The summed E-state index contributed by atoms with van der Waals surface area (Å²) >= 11 is 0. The molecule has 0 amide bonds. The third-order valence-corrected chi connectivity index (χ3v) is 2.63. The summed E-state index contributed by atoms with van der Waals surface area (Å²) in [6.07, 6.45) is 3.34. The Morgan fingerprint density at radius 3 is 3.00 bits per heavy atom. The molecule has 5 nitrogen and oxygen atoms in total. The summed E-state index contributed by atoms with van der Waals surface area (Å²) < 4.78 is 5.59. The Hall–Kier alpha value is -1.67. The highest BCUT2D eigenvalue weighted by molar-refractivity contribution is 5.46. The van der Waals surface area contributed by atoms with E-state index >= 15 is 0 Å². The number of rotatable bonds is 1. The van der Waals surface area contributed by atoms with Crippen LogP contribution in [-0.4, -0.2) is 16.6 Å². The van der Waals surface area contributed by atoms with Crippen LogP contribution in [0.2, 0.25) is 0 Å². The third kappa shape index (κ3) is 1.64. The van der Waals surface area contributed by atoms with Crippen molar-refractivity contribution in [2.24, 2.45) is 0 Å². The molecule has 2 heterocycles. The van der Waals surface area contributed by atoms with Gasteiger partial charge >= 0.3 is 0 Å². The number of nitrogen functional groups attached to an aromatic ring is 1. The summed E-state index contributed by atoms with van der Waals surface area (Å²) in [4.78, 5) is 8.24. The Morgan fingerprint density at radius 1 is 1.67 bits per heavy atom. The maximum absolute atomic E-state index is 8.70. The minimum absolute atomic E-state index is 0.222. The molecular formula is C10H12N4O. The summed E-state index contributed by atoms with van der Waals surface area (Å²) in [6, 6.07) is 1.93. The molecule has 15 heavy (non-hydrogen) atoms. The zero-order valence-electron chi connectivity index (χ0n) is 8.53. The van der Waals surface area contributed by atoms with Gasteiger partial charge in [-0.2, -0.15) is 5.26 Å². The van der Waals surface area contributed by atoms with Crippen molar-refractivity contribution >= 4 is 5.82 Å². The fourth-order valence-corrected chi connectivity index (χ4v) is 1.69. The maximum atomic E-state index is 8.70. The van der Waals surface area contributed by atoms with Crippen LogP contribution in [0.4, 0.5) is 5.82 Å². The summed E-state index contributed by atoms with van der Waals surface area (Å²) in [5.74, 6) is 0.788. The Kier molecular flexibility index (Phi) is 2.29. The lowest BCUT2D eigenvalue weighted by molar-refractivity contribution is 0.00943. The number of hydrogen-bond donors (Lipinski definition) is 1. The van der Waals surface area contributed by atoms with Crippen molar-refractivity contribution in [3.05, 3.63) is 17.6 Å². The molecule has 1 aromatic rings. The lowest BCUT2D eigenvalue weighted by Crippen LogP contribution is -2.24. The van der Waals surface area contributed by atoms with Crippen LogP contribution in [0.3, 0.4) is 0 Å². The molecule has 0 aliphatic carbocycles. The minimum atomic E-state index is -0.442. The zero-order valence-corrected chi connectivity index (χ0v) is 8.53. The molecule has 1 fully saturated rings. The van der Waals surface area contributed by atoms with Gasteiger partial charge in [-0.1, -0.05) is 0 Å². The first-order valence-corrected chi connectivity index (χ1v) is 4.83. The van der Waals surface area contributed by atoms with Crippen molar-refractivity contribution in [3.8, 4) is 6.07 Å². The van der Waals surface area contributed by atoms with E-state index in [9.17, 15) is 0 Å². The largest absolute Gasteiger partial charge is 0.382 e. The Morgan fingerprint density at radius 2 is 2.47 bits per heavy atom. The van der Waals surface area contributed by atoms with Crippen LogP contribution < -0.4 is 5.73 Å². The first-order chi connectivity index (χ1) is 7.15. The highest BCUT2D eigenvalue weighted by Gasteiger charge is 2.34. The van der Waals surface area contributed by atoms with E-state index in [2.05, 4.69) is 9.97 Å². The molecular weight excluding hydrogens is 192 g/mol. The molecule has 1 aromatic heterocycles. The molecule has 1 aliphatic rings. The lowest BCUT2D eigenvalue weighted by Gasteiger charge is -2.21. The quantitative estimate of drug-likeness (QED) is 0.736. The topological polar surface area (TPSA) is 84.8 Å². The van der Waals surface area contributed by atoms with Gasteiger partial charge in [0.2, 0.25) is 0 Å². The Bertz CT molecular complexity index is 418. The maximum Gasteiger partial charge on any atom is 0.162 e. The van der Waals surface area contributed by atoms with E-state index in [4.69, 9.17) is 15.7 Å². The molecule has 2 rings (SSSR count). The zero-order chi connectivity index (χ0) is 10.9. The molecule has 0 radical (unpaired) electrons. The number of nitrogens with zero attached hydrogens (tertiary/aromatic N) is 3. The summed E-state index contributed by atoms with van der Waals surface area (Å²) in [5.41, 5.74) is 5.49. The molecule has 0 spiro atoms. The van der Waals surface area contributed by atoms with Crippen LogP contribution in [0.1, 0.15) is 31.2 Å². The van der Waals surface area contributed by atoms with Crippen LogP contribution in [0.25, 0.3) is 0 Å². The van der Waals surface area contributed by atoms with Gasteiger partial charge in [-0.3, -0.25) is 0 Å². The molecule has 0 bridgehead atoms. The number of ether oxygens (including phenoxy) is 1. The summed E-state index contributed by atoms with van der Waals surface area (Å²) in [7, 11) is 0. The van der Waals surface area contributed by atoms with Crippen molar-refractivity contribution < 1.29 is 4.74 Å². The predicted octanol–water partition coefficient (Wildman–Crippen LogP) is 0.956. The molecule has 5 heteroatoms. The van der Waals surface area contributed by atoms with Crippen molar-refractivity contribution in [1.82, 2.24) is 9.97 Å². The Labute approximate surface area is 87.9 Å². The normalized spacial score (nSPS) is 25.1. The molecule has 0 saturated carbocycles. The van der Waals surface area contributed by atoms with Crippen LogP contribution >= 0.6 is 0 Å². The van der Waals surface area contributed by atoms with Crippen molar-refractivity contribution in [2.75, 3.05) is 12.3 Å². The molecule has 1 saturated heterocycles. The second-order valence-electron chi connectivity index (χ2n) is 3.79. The van der Waals surface area contributed by atoms with Gasteiger partial charge in [0.05, 0.1) is 6.20 Å². The van der Waals surface area contributed by atoms with Crippen molar-refractivity contribution in [2.45, 2.75) is 25.4 Å². The van der Waals surface area contributed by atoms with Crippen LogP contribution in [-0.2, 0) is 10.3 Å². The Balaban J connectivity index is 2.38.